The van der Waals surface area contributed by atoms with Gasteiger partial charge in [0, 0.05) is 47.1 Å². The Hall–Kier alpha value is -5.86. The van der Waals surface area contributed by atoms with Crippen LogP contribution in [0, 0.1) is 0 Å². The molecule has 2 aliphatic heterocycles. The molecule has 0 saturated heterocycles. The maximum Gasteiger partial charge on any atom is 0.218 e. The molecule has 2 nitrogen and oxygen atoms in total. The Kier molecular flexibility index (Phi) is 6.28. The van der Waals surface area contributed by atoms with Crippen molar-refractivity contribution in [2.24, 2.45) is 0 Å². The highest BCUT2D eigenvalue weighted by Crippen LogP contribution is 2.53. The number of allylic oxidation sites excluding steroid dienone is 2. The first-order valence-electron chi connectivity index (χ1n) is 19.9. The van der Waals surface area contributed by atoms with Gasteiger partial charge >= 0.3 is 0 Å². The Labute approximate surface area is 317 Å². The van der Waals surface area contributed by atoms with E-state index in [1.165, 1.54) is 101 Å². The fourth-order valence-electron chi connectivity index (χ4n) is 11.3. The number of aromatic nitrogens is 2. The van der Waals surface area contributed by atoms with Crippen molar-refractivity contribution >= 4 is 11.3 Å². The fraction of sp³-hybridized carbons (Fsp3) is 0.192. The summed E-state index contributed by atoms with van der Waals surface area (Å²) in [6, 6.07) is 51.6. The highest BCUT2D eigenvalue weighted by Gasteiger charge is 2.42. The second-order valence-corrected chi connectivity index (χ2v) is 16.7. The van der Waals surface area contributed by atoms with E-state index in [1.807, 2.05) is 0 Å². The molecule has 2 aromatic heterocycles. The Morgan fingerprint density at radius 3 is 2.28 bits per heavy atom. The molecule has 5 aromatic carbocycles. The lowest BCUT2D eigenvalue weighted by Gasteiger charge is -2.32. The van der Waals surface area contributed by atoms with E-state index in [2.05, 4.69) is 169 Å². The summed E-state index contributed by atoms with van der Waals surface area (Å²) in [7, 11) is 0. The van der Waals surface area contributed by atoms with Crippen LogP contribution in [0.4, 0.5) is 0 Å². The summed E-state index contributed by atoms with van der Waals surface area (Å²) in [5, 5.41) is 0. The van der Waals surface area contributed by atoms with Gasteiger partial charge in [-0.05, 0) is 105 Å². The molecule has 0 amide bonds. The van der Waals surface area contributed by atoms with E-state index in [9.17, 15) is 0 Å². The zero-order chi connectivity index (χ0) is 35.7. The molecule has 4 heterocycles. The van der Waals surface area contributed by atoms with Crippen molar-refractivity contribution in [2.75, 3.05) is 0 Å². The van der Waals surface area contributed by atoms with Gasteiger partial charge in [-0.15, -0.1) is 0 Å². The maximum atomic E-state index is 2.65. The first-order chi connectivity index (χ1) is 26.5. The van der Waals surface area contributed by atoms with Gasteiger partial charge in [0.25, 0.3) is 0 Å². The quantitative estimate of drug-likeness (QED) is 0.151. The van der Waals surface area contributed by atoms with E-state index in [4.69, 9.17) is 0 Å². The first kappa shape index (κ1) is 30.6. The molecule has 4 bridgehead atoms. The van der Waals surface area contributed by atoms with Gasteiger partial charge in [-0.3, -0.25) is 0 Å². The largest absolute Gasteiger partial charge is 0.218 e. The normalized spacial score (nSPS) is 19.0. The minimum absolute atomic E-state index is 0.129. The molecule has 7 aromatic rings. The van der Waals surface area contributed by atoms with Gasteiger partial charge in [-0.25, -0.2) is 0 Å². The van der Waals surface area contributed by atoms with E-state index in [-0.39, 0.29) is 11.3 Å². The smallest absolute Gasteiger partial charge is 0.194 e. The highest BCUT2D eigenvalue weighted by molar-refractivity contribution is 5.92. The molecule has 2 atom stereocenters. The average molecular weight is 695 g/mol. The van der Waals surface area contributed by atoms with Gasteiger partial charge in [0.1, 0.15) is 0 Å². The van der Waals surface area contributed by atoms with E-state index in [1.54, 1.807) is 0 Å². The third-order valence-corrected chi connectivity index (χ3v) is 13.8. The van der Waals surface area contributed by atoms with Crippen LogP contribution >= 0.6 is 0 Å². The minimum atomic E-state index is -0.129. The van der Waals surface area contributed by atoms with Crippen molar-refractivity contribution in [3.05, 3.63) is 201 Å². The predicted octanol–water partition coefficient (Wildman–Crippen LogP) is 10.6. The third kappa shape index (κ3) is 4.12. The van der Waals surface area contributed by atoms with Crippen molar-refractivity contribution in [1.82, 2.24) is 0 Å². The summed E-state index contributed by atoms with van der Waals surface area (Å²) in [6.07, 6.45) is 8.68. The van der Waals surface area contributed by atoms with Crippen LogP contribution in [0.1, 0.15) is 87.7 Å². The molecule has 54 heavy (non-hydrogen) atoms. The SMILES string of the molecule is CC1(C)c2cc(C3CCc4cccc5c4CC(=C4C[n+]6ccccc6-c6cccc3c64)[n+]3ccccc3-5)ccc2C2Cc3c(cccc31)-c1ccccc12. The average Bonchev–Trinajstić information content (AvgIpc) is 3.31. The van der Waals surface area contributed by atoms with Crippen LogP contribution in [-0.2, 0) is 31.2 Å². The molecule has 3 aliphatic carbocycles. The highest BCUT2D eigenvalue weighted by atomic mass is 15.0. The number of benzene rings is 5. The van der Waals surface area contributed by atoms with E-state index < -0.39 is 0 Å². The van der Waals surface area contributed by atoms with Crippen LogP contribution in [0.15, 0.2) is 146 Å². The van der Waals surface area contributed by atoms with E-state index >= 15 is 0 Å². The minimum Gasteiger partial charge on any atom is -0.194 e. The van der Waals surface area contributed by atoms with Crippen molar-refractivity contribution < 1.29 is 9.13 Å². The molecule has 0 spiro atoms. The molecule has 2 heteroatoms. The first-order valence-corrected chi connectivity index (χ1v) is 19.9. The molecular formula is C52H42N2+2. The van der Waals surface area contributed by atoms with Crippen LogP contribution in [0.5, 0.6) is 0 Å². The zero-order valence-electron chi connectivity index (χ0n) is 30.9. The lowest BCUT2D eigenvalue weighted by Crippen LogP contribution is -2.45. The lowest BCUT2D eigenvalue weighted by molar-refractivity contribution is -0.675. The Balaban J connectivity index is 1.13. The van der Waals surface area contributed by atoms with Gasteiger partial charge in [0.2, 0.25) is 17.1 Å². The lowest BCUT2D eigenvalue weighted by atomic mass is 9.72. The van der Waals surface area contributed by atoms with Gasteiger partial charge in [-0.2, -0.15) is 9.13 Å². The van der Waals surface area contributed by atoms with E-state index in [0.717, 1.165) is 32.2 Å². The Morgan fingerprint density at radius 2 is 1.33 bits per heavy atom. The van der Waals surface area contributed by atoms with Crippen molar-refractivity contribution in [2.45, 2.75) is 63.3 Å². The van der Waals surface area contributed by atoms with Gasteiger partial charge < -0.3 is 0 Å². The van der Waals surface area contributed by atoms with Crippen LogP contribution < -0.4 is 9.13 Å². The molecule has 2 unspecified atom stereocenters. The summed E-state index contributed by atoms with van der Waals surface area (Å²) >= 11 is 0. The number of nitrogens with zero attached hydrogens (tertiary/aromatic N) is 2. The van der Waals surface area contributed by atoms with Crippen molar-refractivity contribution in [3.8, 4) is 33.6 Å². The van der Waals surface area contributed by atoms with Gasteiger partial charge in [0.15, 0.2) is 18.9 Å². The molecule has 0 radical (unpaired) electrons. The summed E-state index contributed by atoms with van der Waals surface area (Å²) in [6.45, 7) is 5.82. The fourth-order valence-corrected chi connectivity index (χ4v) is 11.3. The molecule has 258 valence electrons. The number of pyridine rings is 2. The van der Waals surface area contributed by atoms with Crippen molar-refractivity contribution in [1.29, 1.82) is 0 Å². The van der Waals surface area contributed by atoms with Crippen LogP contribution in [0.3, 0.4) is 0 Å². The molecular weight excluding hydrogens is 653 g/mol. The maximum absolute atomic E-state index is 2.65. The number of hydrogen-bond donors (Lipinski definition) is 0. The topological polar surface area (TPSA) is 7.76 Å². The third-order valence-electron chi connectivity index (χ3n) is 13.8. The Bertz CT molecular complexity index is 2800. The van der Waals surface area contributed by atoms with E-state index in [0.29, 0.717) is 5.92 Å². The van der Waals surface area contributed by atoms with Gasteiger partial charge in [0.05, 0.1) is 23.1 Å². The Morgan fingerprint density at radius 1 is 0.574 bits per heavy atom. The monoisotopic (exact) mass is 694 g/mol. The molecule has 12 rings (SSSR count). The molecule has 0 fully saturated rings. The summed E-state index contributed by atoms with van der Waals surface area (Å²) < 4.78 is 4.97. The number of aryl methyl sites for hydroxylation is 1. The molecule has 5 aliphatic rings. The number of hydrogen-bond acceptors (Lipinski definition) is 0. The van der Waals surface area contributed by atoms with Crippen LogP contribution in [-0.4, -0.2) is 0 Å². The molecule has 0 saturated carbocycles. The van der Waals surface area contributed by atoms with Crippen LogP contribution in [0.25, 0.3) is 44.9 Å². The van der Waals surface area contributed by atoms with Crippen LogP contribution in [0.2, 0.25) is 0 Å². The second-order valence-electron chi connectivity index (χ2n) is 16.7. The number of rotatable bonds is 1. The standard InChI is InChI=1S/C52H42N2/c1-52(2)46-19-11-15-37-35-13-3-4-14-36(35)43(29-44(37)46)38-25-23-33(28-47(38)52)34-24-22-32-12-9-16-39-42(32)30-50(54-27-8-6-21-49(39)54)45-31-53-26-7-5-20-48(53)41-18-10-17-40(34)51(41)45/h3-21,23,25-28,34,43H,22,24,29-31H2,1-2H3/q+2. The summed E-state index contributed by atoms with van der Waals surface area (Å²) in [5.41, 5.74) is 25.8. The summed E-state index contributed by atoms with van der Waals surface area (Å²) in [4.78, 5) is 0. The molecule has 0 N–H and O–H groups in total. The zero-order valence-corrected chi connectivity index (χ0v) is 30.9. The summed E-state index contributed by atoms with van der Waals surface area (Å²) in [5.74, 6) is 0.604. The van der Waals surface area contributed by atoms with Crippen molar-refractivity contribution in [3.63, 3.8) is 0 Å². The second kappa shape index (κ2) is 11.1. The van der Waals surface area contributed by atoms with Gasteiger partial charge in [-0.1, -0.05) is 98.8 Å². The predicted molar refractivity (Wildman–Crippen MR) is 217 cm³/mol. The number of fused-ring (bicyclic) bond motifs is 12.